The summed E-state index contributed by atoms with van der Waals surface area (Å²) in [4.78, 5) is 4.77. The molecule has 0 atom stereocenters. The maximum absolute atomic E-state index is 2.45. The lowest BCUT2D eigenvalue weighted by Gasteiger charge is -2.29. The molecule has 68 valence electrons. The summed E-state index contributed by atoms with van der Waals surface area (Å²) >= 11 is 0. The lowest BCUT2D eigenvalue weighted by Crippen LogP contribution is -2.39. The minimum Gasteiger partial charge on any atom is -0.294 e. The summed E-state index contributed by atoms with van der Waals surface area (Å²) in [6, 6.07) is 0.661. The molecule has 0 amide bonds. The minimum atomic E-state index is 0.661. The maximum Gasteiger partial charge on any atom is 0.0505 e. The van der Waals surface area contributed by atoms with Gasteiger partial charge in [-0.1, -0.05) is 13.8 Å². The summed E-state index contributed by atoms with van der Waals surface area (Å²) in [6.45, 7) is 12.2. The first-order valence-corrected chi connectivity index (χ1v) is 4.54. The summed E-state index contributed by atoms with van der Waals surface area (Å²) in [5.41, 5.74) is 0. The zero-order valence-corrected chi connectivity index (χ0v) is 8.59. The van der Waals surface area contributed by atoms with Crippen LogP contribution in [0.1, 0.15) is 27.7 Å². The monoisotopic (exact) mass is 158 g/mol. The molecule has 0 radical (unpaired) electrons. The van der Waals surface area contributed by atoms with Crippen molar-refractivity contribution in [2.24, 2.45) is 0 Å². The first-order chi connectivity index (χ1) is 5.11. The van der Waals surface area contributed by atoms with Crippen molar-refractivity contribution < 1.29 is 0 Å². The maximum atomic E-state index is 2.45. The van der Waals surface area contributed by atoms with Gasteiger partial charge in [-0.3, -0.25) is 9.80 Å². The molecule has 0 aliphatic rings. The normalized spacial score (nSPS) is 12.0. The molecule has 0 fully saturated rings. The summed E-state index contributed by atoms with van der Waals surface area (Å²) in [6.07, 6.45) is 0. The molecular weight excluding hydrogens is 136 g/mol. The summed E-state index contributed by atoms with van der Waals surface area (Å²) in [7, 11) is 2.16. The molecule has 0 spiro atoms. The Balaban J connectivity index is 3.68. The molecule has 0 rings (SSSR count). The van der Waals surface area contributed by atoms with Gasteiger partial charge in [-0.15, -0.1) is 0 Å². The van der Waals surface area contributed by atoms with E-state index in [4.69, 9.17) is 0 Å². The SMILES string of the molecule is CCN(C)CN(CC)C(C)C. The second kappa shape index (κ2) is 5.56. The van der Waals surface area contributed by atoms with E-state index in [9.17, 15) is 0 Å². The van der Waals surface area contributed by atoms with Crippen molar-refractivity contribution in [3.05, 3.63) is 0 Å². The molecular formula is C9H22N2. The minimum absolute atomic E-state index is 0.661. The third-order valence-corrected chi connectivity index (χ3v) is 2.10. The second-order valence-corrected chi connectivity index (χ2v) is 3.31. The van der Waals surface area contributed by atoms with E-state index in [2.05, 4.69) is 44.5 Å². The Morgan fingerprint density at radius 3 is 1.91 bits per heavy atom. The number of rotatable bonds is 5. The highest BCUT2D eigenvalue weighted by molar-refractivity contribution is 4.59. The molecule has 0 N–H and O–H groups in total. The van der Waals surface area contributed by atoms with Crippen LogP contribution >= 0.6 is 0 Å². The van der Waals surface area contributed by atoms with Gasteiger partial charge >= 0.3 is 0 Å². The number of hydrogen-bond acceptors (Lipinski definition) is 2. The predicted octanol–water partition coefficient (Wildman–Crippen LogP) is 1.63. The molecule has 0 unspecified atom stereocenters. The third kappa shape index (κ3) is 4.38. The van der Waals surface area contributed by atoms with E-state index in [1.807, 2.05) is 0 Å². The Labute approximate surface area is 71.2 Å². The van der Waals surface area contributed by atoms with Gasteiger partial charge in [0, 0.05) is 6.04 Å². The van der Waals surface area contributed by atoms with Crippen LogP contribution in [0.4, 0.5) is 0 Å². The molecule has 0 saturated heterocycles. The highest BCUT2D eigenvalue weighted by Crippen LogP contribution is 1.97. The quantitative estimate of drug-likeness (QED) is 0.561. The van der Waals surface area contributed by atoms with Crippen molar-refractivity contribution in [1.29, 1.82) is 0 Å². The summed E-state index contributed by atoms with van der Waals surface area (Å²) in [5, 5.41) is 0. The highest BCUT2D eigenvalue weighted by atomic mass is 15.3. The fraction of sp³-hybridized carbons (Fsp3) is 1.00. The molecule has 0 aromatic rings. The van der Waals surface area contributed by atoms with Crippen molar-refractivity contribution >= 4 is 0 Å². The van der Waals surface area contributed by atoms with Gasteiger partial charge in [0.05, 0.1) is 6.67 Å². The van der Waals surface area contributed by atoms with Crippen LogP contribution in [-0.4, -0.2) is 42.6 Å². The van der Waals surface area contributed by atoms with Crippen LogP contribution in [-0.2, 0) is 0 Å². The van der Waals surface area contributed by atoms with Gasteiger partial charge in [0.25, 0.3) is 0 Å². The predicted molar refractivity (Wildman–Crippen MR) is 50.7 cm³/mol. The molecule has 0 aromatic heterocycles. The zero-order valence-electron chi connectivity index (χ0n) is 8.59. The van der Waals surface area contributed by atoms with Gasteiger partial charge in [-0.25, -0.2) is 0 Å². The Morgan fingerprint density at radius 2 is 1.64 bits per heavy atom. The van der Waals surface area contributed by atoms with E-state index in [-0.39, 0.29) is 0 Å². The van der Waals surface area contributed by atoms with Gasteiger partial charge in [0.15, 0.2) is 0 Å². The number of nitrogens with zero attached hydrogens (tertiary/aromatic N) is 2. The van der Waals surface area contributed by atoms with Crippen LogP contribution in [0.25, 0.3) is 0 Å². The fourth-order valence-corrected chi connectivity index (χ4v) is 1.04. The lowest BCUT2D eigenvalue weighted by molar-refractivity contribution is 0.134. The summed E-state index contributed by atoms with van der Waals surface area (Å²) in [5.74, 6) is 0. The molecule has 0 saturated carbocycles. The molecule has 0 bridgehead atoms. The molecule has 0 aliphatic heterocycles. The molecule has 0 aromatic carbocycles. The first kappa shape index (κ1) is 10.9. The van der Waals surface area contributed by atoms with Crippen molar-refractivity contribution in [3.63, 3.8) is 0 Å². The largest absolute Gasteiger partial charge is 0.294 e. The fourth-order valence-electron chi connectivity index (χ4n) is 1.04. The third-order valence-electron chi connectivity index (χ3n) is 2.10. The molecule has 0 heterocycles. The molecule has 2 heteroatoms. The van der Waals surface area contributed by atoms with Crippen molar-refractivity contribution in [3.8, 4) is 0 Å². The van der Waals surface area contributed by atoms with Crippen molar-refractivity contribution in [2.45, 2.75) is 33.7 Å². The van der Waals surface area contributed by atoms with Crippen molar-refractivity contribution in [2.75, 3.05) is 26.8 Å². The second-order valence-electron chi connectivity index (χ2n) is 3.31. The van der Waals surface area contributed by atoms with E-state index in [0.29, 0.717) is 6.04 Å². The van der Waals surface area contributed by atoms with Crippen LogP contribution < -0.4 is 0 Å². The van der Waals surface area contributed by atoms with E-state index < -0.39 is 0 Å². The van der Waals surface area contributed by atoms with Crippen molar-refractivity contribution in [1.82, 2.24) is 9.80 Å². The van der Waals surface area contributed by atoms with E-state index >= 15 is 0 Å². The van der Waals surface area contributed by atoms with Gasteiger partial charge in [-0.2, -0.15) is 0 Å². The topological polar surface area (TPSA) is 6.48 Å². The number of hydrogen-bond donors (Lipinski definition) is 0. The average Bonchev–Trinajstić information content (AvgIpc) is 1.99. The van der Waals surface area contributed by atoms with Crippen LogP contribution in [0.15, 0.2) is 0 Å². The van der Waals surface area contributed by atoms with Crippen LogP contribution in [0.2, 0.25) is 0 Å². The van der Waals surface area contributed by atoms with Gasteiger partial charge < -0.3 is 0 Å². The Morgan fingerprint density at radius 1 is 1.09 bits per heavy atom. The lowest BCUT2D eigenvalue weighted by atomic mass is 10.3. The van der Waals surface area contributed by atoms with Crippen LogP contribution in [0.3, 0.4) is 0 Å². The van der Waals surface area contributed by atoms with Crippen LogP contribution in [0, 0.1) is 0 Å². The van der Waals surface area contributed by atoms with E-state index in [1.54, 1.807) is 0 Å². The highest BCUT2D eigenvalue weighted by Gasteiger charge is 2.07. The standard InChI is InChI=1S/C9H22N2/c1-6-10(5)8-11(7-2)9(3)4/h9H,6-8H2,1-5H3. The van der Waals surface area contributed by atoms with E-state index in [1.165, 1.54) is 0 Å². The molecule has 2 nitrogen and oxygen atoms in total. The van der Waals surface area contributed by atoms with Crippen LogP contribution in [0.5, 0.6) is 0 Å². The van der Waals surface area contributed by atoms with Gasteiger partial charge in [0.1, 0.15) is 0 Å². The zero-order chi connectivity index (χ0) is 8.85. The van der Waals surface area contributed by atoms with Gasteiger partial charge in [-0.05, 0) is 34.0 Å². The molecule has 0 aliphatic carbocycles. The smallest absolute Gasteiger partial charge is 0.0505 e. The Kier molecular flexibility index (Phi) is 5.51. The van der Waals surface area contributed by atoms with E-state index in [0.717, 1.165) is 19.8 Å². The Bertz CT molecular complexity index is 91.6. The average molecular weight is 158 g/mol. The van der Waals surface area contributed by atoms with Gasteiger partial charge in [0.2, 0.25) is 0 Å². The Hall–Kier alpha value is -0.0800. The summed E-state index contributed by atoms with van der Waals surface area (Å²) < 4.78 is 0. The first-order valence-electron chi connectivity index (χ1n) is 4.54. The molecule has 11 heavy (non-hydrogen) atoms.